The van der Waals surface area contributed by atoms with E-state index < -0.39 is 24.3 Å². The van der Waals surface area contributed by atoms with Crippen LogP contribution >= 0.6 is 0 Å². The van der Waals surface area contributed by atoms with Crippen LogP contribution in [0.15, 0.2) is 24.3 Å². The Hall–Kier alpha value is -2.25. The number of benzene rings is 1. The third-order valence-electron chi connectivity index (χ3n) is 4.02. The Morgan fingerprint density at radius 3 is 2.67 bits per heavy atom. The molecule has 1 aliphatic rings. The number of hydrogen-bond donors (Lipinski definition) is 3. The van der Waals surface area contributed by atoms with Gasteiger partial charge in [-0.15, -0.1) is 0 Å². The molecule has 1 aliphatic heterocycles. The van der Waals surface area contributed by atoms with Crippen LogP contribution in [0.1, 0.15) is 30.5 Å². The van der Waals surface area contributed by atoms with Gasteiger partial charge in [-0.25, -0.2) is 4.79 Å². The zero-order chi connectivity index (χ0) is 17.9. The maximum atomic E-state index is 13.3. The minimum Gasteiger partial charge on any atom is -0.354 e. The first-order valence-corrected chi connectivity index (χ1v) is 7.66. The van der Waals surface area contributed by atoms with Gasteiger partial charge in [-0.1, -0.05) is 36.8 Å². The van der Waals surface area contributed by atoms with Gasteiger partial charge in [0.2, 0.25) is 5.91 Å². The predicted octanol–water partition coefficient (Wildman–Crippen LogP) is 2.42. The molecule has 132 valence electrons. The molecule has 0 aromatic heterocycles. The zero-order valence-electron chi connectivity index (χ0n) is 13.4. The van der Waals surface area contributed by atoms with E-state index in [2.05, 4.69) is 10.6 Å². The van der Waals surface area contributed by atoms with Gasteiger partial charge in [0.15, 0.2) is 6.04 Å². The molecular weight excluding hydrogens is 323 g/mol. The second-order valence-electron chi connectivity index (χ2n) is 6.04. The maximum Gasteiger partial charge on any atom is 0.412 e. The Morgan fingerprint density at radius 1 is 1.38 bits per heavy atom. The molecule has 0 bridgehead atoms. The molecule has 0 unspecified atom stereocenters. The molecule has 0 aliphatic carbocycles. The molecule has 2 rings (SSSR count). The van der Waals surface area contributed by atoms with Crippen molar-refractivity contribution in [3.63, 3.8) is 0 Å². The Bertz CT molecular complexity index is 619. The monoisotopic (exact) mass is 343 g/mol. The first kappa shape index (κ1) is 18.1. The van der Waals surface area contributed by atoms with E-state index in [1.165, 1.54) is 18.2 Å². The number of amides is 3. The van der Waals surface area contributed by atoms with Gasteiger partial charge < -0.3 is 16.0 Å². The van der Waals surface area contributed by atoms with Gasteiger partial charge in [0, 0.05) is 6.54 Å². The fraction of sp³-hybridized carbons (Fsp3) is 0.500. The normalized spacial score (nSPS) is 22.5. The highest BCUT2D eigenvalue weighted by Gasteiger charge is 2.42. The summed E-state index contributed by atoms with van der Waals surface area (Å²) in [7, 11) is 0. The van der Waals surface area contributed by atoms with Crippen LogP contribution in [-0.2, 0) is 4.79 Å². The third-order valence-corrected chi connectivity index (χ3v) is 4.02. The van der Waals surface area contributed by atoms with Crippen LogP contribution in [0, 0.1) is 12.8 Å². The molecule has 1 heterocycles. The molecule has 5 nitrogen and oxygen atoms in total. The van der Waals surface area contributed by atoms with Gasteiger partial charge in [-0.3, -0.25) is 4.79 Å². The molecule has 1 aromatic rings. The summed E-state index contributed by atoms with van der Waals surface area (Å²) in [6, 6.07) is 1.85. The lowest BCUT2D eigenvalue weighted by Crippen LogP contribution is -2.57. The first-order valence-electron chi connectivity index (χ1n) is 7.66. The lowest BCUT2D eigenvalue weighted by Gasteiger charge is -2.30. The van der Waals surface area contributed by atoms with E-state index in [9.17, 15) is 22.8 Å². The van der Waals surface area contributed by atoms with Crippen molar-refractivity contribution in [2.45, 2.75) is 38.5 Å². The molecule has 3 N–H and O–H groups in total. The molecule has 0 spiro atoms. The third kappa shape index (κ3) is 4.39. The van der Waals surface area contributed by atoms with Crippen LogP contribution in [0.5, 0.6) is 0 Å². The quantitative estimate of drug-likeness (QED) is 0.789. The van der Waals surface area contributed by atoms with E-state index in [4.69, 9.17) is 0 Å². The highest BCUT2D eigenvalue weighted by atomic mass is 19.4. The number of rotatable bonds is 3. The molecule has 0 radical (unpaired) electrons. The largest absolute Gasteiger partial charge is 0.412 e. The summed E-state index contributed by atoms with van der Waals surface area (Å²) >= 11 is 0. The minimum atomic E-state index is -4.65. The molecule has 1 fully saturated rings. The highest BCUT2D eigenvalue weighted by molar-refractivity contribution is 5.88. The van der Waals surface area contributed by atoms with Crippen LogP contribution in [0.2, 0.25) is 0 Å². The lowest BCUT2D eigenvalue weighted by atomic mass is 9.94. The van der Waals surface area contributed by atoms with Crippen molar-refractivity contribution in [2.24, 2.45) is 5.92 Å². The second-order valence-corrected chi connectivity index (χ2v) is 6.04. The molecule has 8 heteroatoms. The second kappa shape index (κ2) is 7.11. The van der Waals surface area contributed by atoms with E-state index in [1.54, 1.807) is 19.9 Å². The summed E-state index contributed by atoms with van der Waals surface area (Å²) in [6.45, 7) is 3.94. The van der Waals surface area contributed by atoms with Gasteiger partial charge in [0.25, 0.3) is 0 Å². The molecule has 1 aromatic carbocycles. The summed E-state index contributed by atoms with van der Waals surface area (Å²) in [6.07, 6.45) is -4.00. The van der Waals surface area contributed by atoms with E-state index >= 15 is 0 Å². The lowest BCUT2D eigenvalue weighted by molar-refractivity contribution is -0.155. The van der Waals surface area contributed by atoms with Crippen molar-refractivity contribution in [1.82, 2.24) is 16.0 Å². The average molecular weight is 343 g/mol. The van der Waals surface area contributed by atoms with Crippen molar-refractivity contribution in [2.75, 3.05) is 6.54 Å². The predicted molar refractivity (Wildman–Crippen MR) is 82.2 cm³/mol. The van der Waals surface area contributed by atoms with Crippen LogP contribution < -0.4 is 16.0 Å². The van der Waals surface area contributed by atoms with Gasteiger partial charge in [0.05, 0.1) is 0 Å². The Labute approximate surface area is 138 Å². The Kier molecular flexibility index (Phi) is 5.36. The van der Waals surface area contributed by atoms with Gasteiger partial charge in [-0.05, 0) is 24.8 Å². The summed E-state index contributed by atoms with van der Waals surface area (Å²) in [5.74, 6) is -0.532. The topological polar surface area (TPSA) is 70.2 Å². The molecular formula is C16H20F3N3O2. The molecule has 0 saturated carbocycles. The van der Waals surface area contributed by atoms with Crippen molar-refractivity contribution in [3.8, 4) is 0 Å². The zero-order valence-corrected chi connectivity index (χ0v) is 13.4. The fourth-order valence-electron chi connectivity index (χ4n) is 2.68. The van der Waals surface area contributed by atoms with Gasteiger partial charge in [0.1, 0.15) is 6.04 Å². The number of aryl methyl sites for hydroxylation is 1. The number of nitrogens with one attached hydrogen (secondary N) is 3. The molecule has 3 atom stereocenters. The van der Waals surface area contributed by atoms with Crippen LogP contribution in [-0.4, -0.2) is 30.7 Å². The minimum absolute atomic E-state index is 0.0567. The standard InChI is InChI=1S/C16H20F3N3O2/c1-9-4-3-5-11(8-9)13(16(17,18)19)22-15(24)21-12-10(2)6-7-20-14(12)23/h3-5,8,10,12-13H,6-7H2,1-2H3,(H,20,23)(H2,21,22,24)/t10-,12-,13+/m1/s1. The number of carbonyl (C=O) groups excluding carboxylic acids is 2. The fourth-order valence-corrected chi connectivity index (χ4v) is 2.68. The summed E-state index contributed by atoms with van der Waals surface area (Å²) in [5, 5.41) is 6.86. The van der Waals surface area contributed by atoms with E-state index in [0.717, 1.165) is 0 Å². The van der Waals surface area contributed by atoms with Gasteiger partial charge >= 0.3 is 12.2 Å². The molecule has 1 saturated heterocycles. The molecule has 24 heavy (non-hydrogen) atoms. The van der Waals surface area contributed by atoms with Crippen molar-refractivity contribution in [1.29, 1.82) is 0 Å². The Morgan fingerprint density at radius 2 is 2.08 bits per heavy atom. The molecule has 3 amide bonds. The summed E-state index contributed by atoms with van der Waals surface area (Å²) in [4.78, 5) is 23.8. The van der Waals surface area contributed by atoms with E-state index in [-0.39, 0.29) is 17.4 Å². The average Bonchev–Trinajstić information content (AvgIpc) is 2.47. The van der Waals surface area contributed by atoms with Crippen LogP contribution in [0.4, 0.5) is 18.0 Å². The first-order chi connectivity index (χ1) is 11.2. The smallest absolute Gasteiger partial charge is 0.354 e. The maximum absolute atomic E-state index is 13.3. The van der Waals surface area contributed by atoms with Crippen molar-refractivity contribution in [3.05, 3.63) is 35.4 Å². The number of urea groups is 1. The Balaban J connectivity index is 2.12. The number of carbonyl (C=O) groups is 2. The number of alkyl halides is 3. The van der Waals surface area contributed by atoms with Crippen molar-refractivity contribution < 1.29 is 22.8 Å². The summed E-state index contributed by atoms with van der Waals surface area (Å²) in [5.41, 5.74) is 0.600. The number of halogens is 3. The highest BCUT2D eigenvalue weighted by Crippen LogP contribution is 2.33. The van der Waals surface area contributed by atoms with Gasteiger partial charge in [-0.2, -0.15) is 13.2 Å². The SMILES string of the molecule is Cc1cccc([C@H](NC(=O)N[C@H]2C(=O)NCC[C@H]2C)C(F)(F)F)c1. The summed E-state index contributed by atoms with van der Waals surface area (Å²) < 4.78 is 39.9. The number of hydrogen-bond acceptors (Lipinski definition) is 2. The van der Waals surface area contributed by atoms with Crippen LogP contribution in [0.25, 0.3) is 0 Å². The van der Waals surface area contributed by atoms with E-state index in [0.29, 0.717) is 18.5 Å². The number of piperidine rings is 1. The van der Waals surface area contributed by atoms with Crippen LogP contribution in [0.3, 0.4) is 0 Å². The van der Waals surface area contributed by atoms with Crippen molar-refractivity contribution >= 4 is 11.9 Å². The van der Waals surface area contributed by atoms with E-state index in [1.807, 2.05) is 5.32 Å².